The van der Waals surface area contributed by atoms with Crippen molar-refractivity contribution < 1.29 is 19.1 Å². The third kappa shape index (κ3) is 9.33. The number of rotatable bonds is 9. The number of carbonyl (C=O) groups excluding carboxylic acids is 3. The fourth-order valence-electron chi connectivity index (χ4n) is 2.06. The van der Waals surface area contributed by atoms with Gasteiger partial charge in [0.25, 0.3) is 0 Å². The fourth-order valence-corrected chi connectivity index (χ4v) is 2.06. The van der Waals surface area contributed by atoms with Gasteiger partial charge in [0.2, 0.25) is 5.91 Å². The summed E-state index contributed by atoms with van der Waals surface area (Å²) in [6, 6.07) is -0.992. The molecule has 0 aromatic heterocycles. The summed E-state index contributed by atoms with van der Waals surface area (Å²) in [5, 5.41) is 2.68. The predicted molar refractivity (Wildman–Crippen MR) is 89.7 cm³/mol. The van der Waals surface area contributed by atoms with E-state index in [4.69, 9.17) is 10.5 Å². The summed E-state index contributed by atoms with van der Waals surface area (Å²) in [4.78, 5) is 35.6. The van der Waals surface area contributed by atoms with Crippen LogP contribution in [0.15, 0.2) is 0 Å². The Bertz CT molecular complexity index is 413. The van der Waals surface area contributed by atoms with Crippen molar-refractivity contribution in [1.82, 2.24) is 5.32 Å². The van der Waals surface area contributed by atoms with Crippen LogP contribution in [0, 0.1) is 11.3 Å². The number of ether oxygens (including phenoxy) is 1. The molecule has 0 aliphatic rings. The van der Waals surface area contributed by atoms with Crippen LogP contribution in [0.2, 0.25) is 0 Å². The first-order chi connectivity index (χ1) is 10.5. The zero-order chi connectivity index (χ0) is 18.2. The molecule has 0 bridgehead atoms. The number of carbonyl (C=O) groups is 3. The molecule has 0 aromatic carbocycles. The summed E-state index contributed by atoms with van der Waals surface area (Å²) in [7, 11) is 1.30. The largest absolute Gasteiger partial charge is 0.467 e. The number of ketones is 1. The Labute approximate surface area is 139 Å². The molecule has 6 heteroatoms. The first-order valence-corrected chi connectivity index (χ1v) is 8.13. The van der Waals surface area contributed by atoms with Gasteiger partial charge in [-0.1, -0.05) is 34.6 Å². The van der Waals surface area contributed by atoms with E-state index in [1.165, 1.54) is 7.11 Å². The van der Waals surface area contributed by atoms with Crippen molar-refractivity contribution in [1.29, 1.82) is 0 Å². The molecule has 0 heterocycles. The molecular weight excluding hydrogens is 296 g/mol. The smallest absolute Gasteiger partial charge is 0.328 e. The molecule has 0 rings (SSSR count). The first-order valence-electron chi connectivity index (χ1n) is 8.13. The molecule has 6 nitrogen and oxygen atoms in total. The highest BCUT2D eigenvalue weighted by atomic mass is 16.5. The lowest BCUT2D eigenvalue weighted by Gasteiger charge is -2.20. The molecule has 1 unspecified atom stereocenters. The molecule has 0 fully saturated rings. The van der Waals surface area contributed by atoms with Gasteiger partial charge in [-0.05, 0) is 18.8 Å². The topological polar surface area (TPSA) is 98.5 Å². The van der Waals surface area contributed by atoms with Gasteiger partial charge in [0.05, 0.1) is 7.11 Å². The Hall–Kier alpha value is -1.43. The molecule has 0 aromatic rings. The predicted octanol–water partition coefficient (Wildman–Crippen LogP) is 1.80. The summed E-state index contributed by atoms with van der Waals surface area (Å²) in [6.07, 6.45) is 1.36. The maximum absolute atomic E-state index is 12.0. The van der Waals surface area contributed by atoms with Crippen LogP contribution in [0.3, 0.4) is 0 Å². The first kappa shape index (κ1) is 21.6. The van der Waals surface area contributed by atoms with Gasteiger partial charge in [-0.2, -0.15) is 0 Å². The second kappa shape index (κ2) is 9.65. The van der Waals surface area contributed by atoms with Crippen LogP contribution in [0.1, 0.15) is 60.3 Å². The maximum atomic E-state index is 12.0. The summed E-state index contributed by atoms with van der Waals surface area (Å²) >= 11 is 0. The van der Waals surface area contributed by atoms with E-state index in [1.807, 2.05) is 34.6 Å². The number of hydrogen-bond donors (Lipinski definition) is 2. The van der Waals surface area contributed by atoms with Crippen LogP contribution in [-0.2, 0) is 19.1 Å². The normalized spacial score (nSPS) is 14.3. The van der Waals surface area contributed by atoms with Crippen LogP contribution < -0.4 is 11.1 Å². The van der Waals surface area contributed by atoms with Gasteiger partial charge in [-0.15, -0.1) is 0 Å². The highest BCUT2D eigenvalue weighted by Crippen LogP contribution is 2.18. The van der Waals surface area contributed by atoms with Crippen LogP contribution in [-0.4, -0.2) is 36.9 Å². The number of Topliss-reactive ketones (excluding diaryl/α,β-unsaturated/α-hetero) is 1. The zero-order valence-electron chi connectivity index (χ0n) is 15.3. The lowest BCUT2D eigenvalue weighted by molar-refractivity contribution is -0.145. The Morgan fingerprint density at radius 2 is 1.74 bits per heavy atom. The molecule has 0 aliphatic heterocycles. The molecule has 2 atom stereocenters. The van der Waals surface area contributed by atoms with Crippen molar-refractivity contribution in [2.24, 2.45) is 17.1 Å². The highest BCUT2D eigenvalue weighted by molar-refractivity contribution is 5.85. The molecule has 0 radical (unpaired) electrons. The van der Waals surface area contributed by atoms with E-state index in [-0.39, 0.29) is 36.5 Å². The van der Waals surface area contributed by atoms with Gasteiger partial charge in [0.1, 0.15) is 11.8 Å². The zero-order valence-corrected chi connectivity index (χ0v) is 15.3. The number of esters is 1. The summed E-state index contributed by atoms with van der Waals surface area (Å²) in [5.74, 6) is -0.359. The standard InChI is InChI=1S/C17H32N2O4/c1-11(2)9-13(16(22)23-6)19-15(21)8-7-12(18)10-14(20)17(3,4)5/h11-13H,7-10,18H2,1-6H3,(H,19,21)/t12?,13-/m0/s1. The van der Waals surface area contributed by atoms with Crippen molar-refractivity contribution in [2.75, 3.05) is 7.11 Å². The van der Waals surface area contributed by atoms with Crippen molar-refractivity contribution in [2.45, 2.75) is 72.4 Å². The minimum atomic E-state index is -0.639. The van der Waals surface area contributed by atoms with E-state index < -0.39 is 17.4 Å². The number of methoxy groups -OCH3 is 1. The summed E-state index contributed by atoms with van der Waals surface area (Å²) in [6.45, 7) is 9.48. The quantitative estimate of drug-likeness (QED) is 0.629. The van der Waals surface area contributed by atoms with E-state index in [0.29, 0.717) is 12.8 Å². The Balaban J connectivity index is 4.36. The molecule has 0 aliphatic carbocycles. The molecule has 134 valence electrons. The number of nitrogens with one attached hydrogen (secondary N) is 1. The molecule has 3 N–H and O–H groups in total. The third-order valence-corrected chi connectivity index (χ3v) is 3.55. The van der Waals surface area contributed by atoms with E-state index >= 15 is 0 Å². The minimum absolute atomic E-state index is 0.0812. The van der Waals surface area contributed by atoms with Crippen LogP contribution in [0.5, 0.6) is 0 Å². The average Bonchev–Trinajstić information content (AvgIpc) is 2.42. The summed E-state index contributed by atoms with van der Waals surface area (Å²) in [5.41, 5.74) is 5.50. The molecule has 0 spiro atoms. The average molecular weight is 328 g/mol. The number of hydrogen-bond acceptors (Lipinski definition) is 5. The van der Waals surface area contributed by atoms with Crippen molar-refractivity contribution in [3.63, 3.8) is 0 Å². The van der Waals surface area contributed by atoms with Gasteiger partial charge < -0.3 is 15.8 Å². The van der Waals surface area contributed by atoms with Crippen LogP contribution in [0.25, 0.3) is 0 Å². The Kier molecular flexibility index (Phi) is 9.05. The van der Waals surface area contributed by atoms with Gasteiger partial charge in [0, 0.05) is 24.3 Å². The third-order valence-electron chi connectivity index (χ3n) is 3.55. The van der Waals surface area contributed by atoms with E-state index in [9.17, 15) is 14.4 Å². The van der Waals surface area contributed by atoms with Crippen molar-refractivity contribution in [3.8, 4) is 0 Å². The Morgan fingerprint density at radius 1 is 1.17 bits per heavy atom. The molecular formula is C17H32N2O4. The van der Waals surface area contributed by atoms with E-state index in [1.54, 1.807) is 0 Å². The van der Waals surface area contributed by atoms with Crippen LogP contribution in [0.4, 0.5) is 0 Å². The van der Waals surface area contributed by atoms with Crippen molar-refractivity contribution in [3.05, 3.63) is 0 Å². The van der Waals surface area contributed by atoms with Gasteiger partial charge in [-0.25, -0.2) is 4.79 Å². The highest BCUT2D eigenvalue weighted by Gasteiger charge is 2.25. The fraction of sp³-hybridized carbons (Fsp3) is 0.824. The molecule has 1 amide bonds. The van der Waals surface area contributed by atoms with Crippen molar-refractivity contribution >= 4 is 17.7 Å². The maximum Gasteiger partial charge on any atom is 0.328 e. The lowest BCUT2D eigenvalue weighted by atomic mass is 9.86. The SMILES string of the molecule is COC(=O)[C@H](CC(C)C)NC(=O)CCC(N)CC(=O)C(C)(C)C. The second-order valence-corrected chi connectivity index (χ2v) is 7.45. The van der Waals surface area contributed by atoms with E-state index in [2.05, 4.69) is 5.32 Å². The summed E-state index contributed by atoms with van der Waals surface area (Å²) < 4.78 is 4.71. The lowest BCUT2D eigenvalue weighted by Crippen LogP contribution is -2.42. The number of amides is 1. The van der Waals surface area contributed by atoms with Crippen LogP contribution >= 0.6 is 0 Å². The molecule has 0 saturated carbocycles. The number of nitrogens with two attached hydrogens (primary N) is 1. The van der Waals surface area contributed by atoms with Gasteiger partial charge >= 0.3 is 5.97 Å². The molecule has 23 heavy (non-hydrogen) atoms. The minimum Gasteiger partial charge on any atom is -0.467 e. The Morgan fingerprint density at radius 3 is 2.17 bits per heavy atom. The molecule has 0 saturated heterocycles. The monoisotopic (exact) mass is 328 g/mol. The van der Waals surface area contributed by atoms with Gasteiger partial charge in [-0.3, -0.25) is 9.59 Å². The van der Waals surface area contributed by atoms with Gasteiger partial charge in [0.15, 0.2) is 0 Å². The second-order valence-electron chi connectivity index (χ2n) is 7.45. The van der Waals surface area contributed by atoms with E-state index in [0.717, 1.165) is 0 Å².